The van der Waals surface area contributed by atoms with E-state index in [1.54, 1.807) is 24.4 Å². The molecule has 2 aromatic carbocycles. The Kier molecular flexibility index (Phi) is 5.50. The van der Waals surface area contributed by atoms with Crippen molar-refractivity contribution in [3.05, 3.63) is 65.9 Å². The van der Waals surface area contributed by atoms with E-state index in [1.165, 1.54) is 6.07 Å². The molecule has 0 aliphatic carbocycles. The van der Waals surface area contributed by atoms with Crippen molar-refractivity contribution in [2.45, 2.75) is 26.9 Å². The third-order valence-electron chi connectivity index (χ3n) is 4.28. The van der Waals surface area contributed by atoms with E-state index >= 15 is 0 Å². The normalized spacial score (nSPS) is 12.1. The summed E-state index contributed by atoms with van der Waals surface area (Å²) in [5, 5.41) is 6.62. The number of carbonyl (C=O) groups is 1. The zero-order valence-corrected chi connectivity index (χ0v) is 16.4. The minimum atomic E-state index is -4.54. The van der Waals surface area contributed by atoms with Crippen LogP contribution in [0.4, 0.5) is 24.5 Å². The highest BCUT2D eigenvalue weighted by Gasteiger charge is 2.32. The van der Waals surface area contributed by atoms with Crippen LogP contribution in [0.5, 0.6) is 0 Å². The van der Waals surface area contributed by atoms with Crippen LogP contribution >= 0.6 is 0 Å². The van der Waals surface area contributed by atoms with Crippen LogP contribution in [0, 0.1) is 5.41 Å². The maximum absolute atomic E-state index is 13.2. The Balaban J connectivity index is 1.98. The minimum absolute atomic E-state index is 0.0722. The SMILES string of the molecule is CC(C)(C)CNc1ccc(C(F)(F)F)cc1C(=O)Nc1cccc2cccnc12. The van der Waals surface area contributed by atoms with Gasteiger partial charge in [0, 0.05) is 23.8 Å². The molecule has 3 aromatic rings. The van der Waals surface area contributed by atoms with Gasteiger partial charge in [-0.05, 0) is 35.7 Å². The molecule has 3 rings (SSSR count). The summed E-state index contributed by atoms with van der Waals surface area (Å²) in [6.07, 6.45) is -2.95. The van der Waals surface area contributed by atoms with Gasteiger partial charge in [-0.1, -0.05) is 39.0 Å². The largest absolute Gasteiger partial charge is 0.416 e. The predicted octanol–water partition coefficient (Wildman–Crippen LogP) is 5.96. The molecule has 0 aliphatic heterocycles. The molecule has 29 heavy (non-hydrogen) atoms. The fourth-order valence-electron chi connectivity index (χ4n) is 2.82. The molecule has 152 valence electrons. The van der Waals surface area contributed by atoms with Crippen LogP contribution in [0.15, 0.2) is 54.7 Å². The summed E-state index contributed by atoms with van der Waals surface area (Å²) < 4.78 is 39.6. The second-order valence-electron chi connectivity index (χ2n) is 8.01. The van der Waals surface area contributed by atoms with Crippen molar-refractivity contribution in [2.75, 3.05) is 17.2 Å². The number of benzene rings is 2. The third-order valence-corrected chi connectivity index (χ3v) is 4.28. The van der Waals surface area contributed by atoms with Gasteiger partial charge in [0.15, 0.2) is 0 Å². The number of halogens is 3. The number of hydrogen-bond donors (Lipinski definition) is 2. The van der Waals surface area contributed by atoms with Crippen LogP contribution in [0.3, 0.4) is 0 Å². The number of nitrogens with one attached hydrogen (secondary N) is 2. The molecule has 0 unspecified atom stereocenters. The summed E-state index contributed by atoms with van der Waals surface area (Å²) >= 11 is 0. The predicted molar refractivity (Wildman–Crippen MR) is 109 cm³/mol. The second-order valence-corrected chi connectivity index (χ2v) is 8.01. The van der Waals surface area contributed by atoms with Gasteiger partial charge in [0.1, 0.15) is 0 Å². The molecule has 0 spiro atoms. The minimum Gasteiger partial charge on any atom is -0.384 e. The van der Waals surface area contributed by atoms with E-state index < -0.39 is 17.6 Å². The molecule has 1 heterocycles. The molecule has 1 aromatic heterocycles. The number of nitrogens with zero attached hydrogens (tertiary/aromatic N) is 1. The number of alkyl halides is 3. The molecule has 0 fully saturated rings. The second kappa shape index (κ2) is 7.73. The van der Waals surface area contributed by atoms with Crippen molar-refractivity contribution in [1.29, 1.82) is 0 Å². The Morgan fingerprint density at radius 1 is 1.00 bits per heavy atom. The van der Waals surface area contributed by atoms with Crippen molar-refractivity contribution in [2.24, 2.45) is 5.41 Å². The van der Waals surface area contributed by atoms with Gasteiger partial charge in [-0.25, -0.2) is 0 Å². The fourth-order valence-corrected chi connectivity index (χ4v) is 2.82. The molecule has 2 N–H and O–H groups in total. The monoisotopic (exact) mass is 401 g/mol. The van der Waals surface area contributed by atoms with Crippen LogP contribution < -0.4 is 10.6 Å². The molecule has 0 saturated heterocycles. The van der Waals surface area contributed by atoms with E-state index in [9.17, 15) is 18.0 Å². The molecule has 1 amide bonds. The van der Waals surface area contributed by atoms with Crippen molar-refractivity contribution in [1.82, 2.24) is 4.98 Å². The standard InChI is InChI=1S/C22H22F3N3O/c1-21(2,3)13-27-17-10-9-15(22(23,24)25)12-16(17)20(29)28-18-8-4-6-14-7-5-11-26-19(14)18/h4-12,27H,13H2,1-3H3,(H,28,29). The molecule has 7 heteroatoms. The zero-order chi connectivity index (χ0) is 21.2. The van der Waals surface area contributed by atoms with Gasteiger partial charge in [0.05, 0.1) is 22.3 Å². The van der Waals surface area contributed by atoms with Crippen LogP contribution in [0.25, 0.3) is 10.9 Å². The highest BCUT2D eigenvalue weighted by atomic mass is 19.4. The van der Waals surface area contributed by atoms with Gasteiger partial charge in [0.25, 0.3) is 5.91 Å². The topological polar surface area (TPSA) is 54.0 Å². The summed E-state index contributed by atoms with van der Waals surface area (Å²) in [5.74, 6) is -0.634. The average molecular weight is 401 g/mol. The lowest BCUT2D eigenvalue weighted by Crippen LogP contribution is -2.22. The first kappa shape index (κ1) is 20.6. The maximum atomic E-state index is 13.2. The summed E-state index contributed by atoms with van der Waals surface area (Å²) in [6, 6.07) is 12.0. The summed E-state index contributed by atoms with van der Waals surface area (Å²) in [6.45, 7) is 6.47. The molecule has 0 saturated carbocycles. The highest BCUT2D eigenvalue weighted by molar-refractivity contribution is 6.11. The Morgan fingerprint density at radius 3 is 2.41 bits per heavy atom. The Bertz CT molecular complexity index is 1030. The first-order valence-corrected chi connectivity index (χ1v) is 9.15. The molecular weight excluding hydrogens is 379 g/mol. The average Bonchev–Trinajstić information content (AvgIpc) is 2.65. The van der Waals surface area contributed by atoms with E-state index in [-0.39, 0.29) is 11.0 Å². The molecule has 4 nitrogen and oxygen atoms in total. The molecule has 0 aliphatic rings. The molecule has 0 radical (unpaired) electrons. The summed E-state index contributed by atoms with van der Waals surface area (Å²) in [4.78, 5) is 17.2. The van der Waals surface area contributed by atoms with Crippen LogP contribution in [0.1, 0.15) is 36.7 Å². The Labute approximate surface area is 167 Å². The Morgan fingerprint density at radius 2 is 1.72 bits per heavy atom. The number of hydrogen-bond acceptors (Lipinski definition) is 3. The van der Waals surface area contributed by atoms with Crippen LogP contribution in [-0.4, -0.2) is 17.4 Å². The van der Waals surface area contributed by atoms with Gasteiger partial charge >= 0.3 is 6.18 Å². The third kappa shape index (κ3) is 5.04. The van der Waals surface area contributed by atoms with E-state index in [2.05, 4.69) is 15.6 Å². The van der Waals surface area contributed by atoms with E-state index in [4.69, 9.17) is 0 Å². The maximum Gasteiger partial charge on any atom is 0.416 e. The van der Waals surface area contributed by atoms with Gasteiger partial charge in [0.2, 0.25) is 0 Å². The van der Waals surface area contributed by atoms with E-state index in [0.29, 0.717) is 23.4 Å². The number of para-hydroxylation sites is 1. The van der Waals surface area contributed by atoms with Gasteiger partial charge in [-0.3, -0.25) is 9.78 Å². The number of carbonyl (C=O) groups excluding carboxylic acids is 1. The van der Waals surface area contributed by atoms with Gasteiger partial charge in [-0.2, -0.15) is 13.2 Å². The number of aromatic nitrogens is 1. The quantitative estimate of drug-likeness (QED) is 0.567. The number of fused-ring (bicyclic) bond motifs is 1. The molecule has 0 atom stereocenters. The first-order valence-electron chi connectivity index (χ1n) is 9.15. The number of anilines is 2. The van der Waals surface area contributed by atoms with Gasteiger partial charge < -0.3 is 10.6 Å². The van der Waals surface area contributed by atoms with Gasteiger partial charge in [-0.15, -0.1) is 0 Å². The number of rotatable bonds is 4. The summed E-state index contributed by atoms with van der Waals surface area (Å²) in [7, 11) is 0. The van der Waals surface area contributed by atoms with E-state index in [0.717, 1.165) is 17.5 Å². The lowest BCUT2D eigenvalue weighted by Gasteiger charge is -2.22. The smallest absolute Gasteiger partial charge is 0.384 e. The van der Waals surface area contributed by atoms with Crippen molar-refractivity contribution in [3.8, 4) is 0 Å². The lowest BCUT2D eigenvalue weighted by atomic mass is 9.96. The Hall–Kier alpha value is -3.09. The van der Waals surface area contributed by atoms with Crippen LogP contribution in [-0.2, 0) is 6.18 Å². The highest BCUT2D eigenvalue weighted by Crippen LogP contribution is 2.33. The van der Waals surface area contributed by atoms with E-state index in [1.807, 2.05) is 32.9 Å². The number of amides is 1. The molecule has 0 bridgehead atoms. The fraction of sp³-hybridized carbons (Fsp3) is 0.273. The lowest BCUT2D eigenvalue weighted by molar-refractivity contribution is -0.137. The zero-order valence-electron chi connectivity index (χ0n) is 16.4. The molecular formula is C22H22F3N3O. The van der Waals surface area contributed by atoms with Crippen molar-refractivity contribution >= 4 is 28.2 Å². The van der Waals surface area contributed by atoms with Crippen molar-refractivity contribution in [3.63, 3.8) is 0 Å². The summed E-state index contributed by atoms with van der Waals surface area (Å²) in [5.41, 5.74) is 0.290. The first-order chi connectivity index (χ1) is 13.5. The number of pyridine rings is 1. The van der Waals surface area contributed by atoms with Crippen molar-refractivity contribution < 1.29 is 18.0 Å². The van der Waals surface area contributed by atoms with Crippen LogP contribution in [0.2, 0.25) is 0 Å².